The fourth-order valence-electron chi connectivity index (χ4n) is 4.01. The minimum absolute atomic E-state index is 0.0592. The van der Waals surface area contributed by atoms with Gasteiger partial charge in [-0.1, -0.05) is 30.0 Å². The van der Waals surface area contributed by atoms with Crippen molar-refractivity contribution in [3.63, 3.8) is 0 Å². The maximum absolute atomic E-state index is 14.1. The molecular weight excluding hydrogens is 459 g/mol. The number of morpholine rings is 1. The normalized spacial score (nSPS) is 16.7. The van der Waals surface area contributed by atoms with E-state index in [9.17, 15) is 14.0 Å². The molecule has 0 spiro atoms. The van der Waals surface area contributed by atoms with Crippen LogP contribution in [0.4, 0.5) is 21.7 Å². The van der Waals surface area contributed by atoms with Crippen LogP contribution in [-0.4, -0.2) is 64.7 Å². The SMILES string of the molecule is C[C@H](Sc1nnc(N2CCOCC2)n1-c1cccc(F)c1)C(=O)N1CC(=O)Nc2ccccc21. The molecule has 2 aromatic carbocycles. The first kappa shape index (κ1) is 22.4. The summed E-state index contributed by atoms with van der Waals surface area (Å²) in [4.78, 5) is 29.1. The smallest absolute Gasteiger partial charge is 0.244 e. The van der Waals surface area contributed by atoms with Crippen molar-refractivity contribution in [1.82, 2.24) is 14.8 Å². The number of amides is 2. The van der Waals surface area contributed by atoms with Crippen LogP contribution in [0.15, 0.2) is 53.7 Å². The van der Waals surface area contributed by atoms with E-state index in [1.807, 2.05) is 11.0 Å². The Morgan fingerprint density at radius 1 is 1.15 bits per heavy atom. The topological polar surface area (TPSA) is 92.6 Å². The molecule has 0 aliphatic carbocycles. The summed E-state index contributed by atoms with van der Waals surface area (Å²) in [5.74, 6) is -0.287. The van der Waals surface area contributed by atoms with Crippen LogP contribution in [0.25, 0.3) is 5.69 Å². The number of benzene rings is 2. The standard InChI is InChI=1S/C23H23FN6O3S/c1-15(21(32)29-14-20(31)25-18-7-2-3-8-19(18)29)34-23-27-26-22(28-9-11-33-12-10-28)30(23)17-6-4-5-16(24)13-17/h2-8,13,15H,9-12,14H2,1H3,(H,25,31)/t15-/m0/s1. The quantitative estimate of drug-likeness (QED) is 0.559. The molecule has 34 heavy (non-hydrogen) atoms. The minimum Gasteiger partial charge on any atom is -0.378 e. The Bertz CT molecular complexity index is 1230. The molecule has 1 atom stereocenters. The van der Waals surface area contributed by atoms with E-state index in [0.29, 0.717) is 54.5 Å². The van der Waals surface area contributed by atoms with E-state index >= 15 is 0 Å². The number of nitrogens with one attached hydrogen (secondary N) is 1. The number of para-hydroxylation sites is 2. The maximum Gasteiger partial charge on any atom is 0.244 e. The van der Waals surface area contributed by atoms with Crippen molar-refractivity contribution < 1.29 is 18.7 Å². The van der Waals surface area contributed by atoms with Crippen LogP contribution in [0.1, 0.15) is 6.92 Å². The lowest BCUT2D eigenvalue weighted by Gasteiger charge is -2.31. The first-order valence-corrected chi connectivity index (χ1v) is 11.8. The lowest BCUT2D eigenvalue weighted by atomic mass is 10.2. The second-order valence-electron chi connectivity index (χ2n) is 7.95. The summed E-state index contributed by atoms with van der Waals surface area (Å²) in [6.45, 7) is 4.09. The molecule has 1 N–H and O–H groups in total. The van der Waals surface area contributed by atoms with Gasteiger partial charge in [0, 0.05) is 13.1 Å². The van der Waals surface area contributed by atoms with Gasteiger partial charge in [0.1, 0.15) is 12.4 Å². The minimum atomic E-state index is -0.576. The van der Waals surface area contributed by atoms with Gasteiger partial charge >= 0.3 is 0 Å². The molecule has 1 saturated heterocycles. The molecule has 2 amide bonds. The van der Waals surface area contributed by atoms with Gasteiger partial charge in [0.05, 0.1) is 35.5 Å². The summed E-state index contributed by atoms with van der Waals surface area (Å²) >= 11 is 1.22. The molecule has 0 radical (unpaired) electrons. The molecule has 0 bridgehead atoms. The van der Waals surface area contributed by atoms with Crippen LogP contribution in [0.2, 0.25) is 0 Å². The van der Waals surface area contributed by atoms with E-state index in [-0.39, 0.29) is 24.2 Å². The number of thioether (sulfide) groups is 1. The van der Waals surface area contributed by atoms with Gasteiger partial charge in [-0.15, -0.1) is 10.2 Å². The van der Waals surface area contributed by atoms with E-state index in [0.717, 1.165) is 0 Å². The van der Waals surface area contributed by atoms with Crippen molar-refractivity contribution >= 4 is 40.9 Å². The molecule has 3 aromatic rings. The van der Waals surface area contributed by atoms with Gasteiger partial charge in [-0.05, 0) is 37.3 Å². The average Bonchev–Trinajstić information content (AvgIpc) is 3.27. The molecule has 1 fully saturated rings. The number of fused-ring (bicyclic) bond motifs is 1. The molecule has 2 aliphatic heterocycles. The molecule has 2 aliphatic rings. The van der Waals surface area contributed by atoms with Crippen molar-refractivity contribution in [3.8, 4) is 5.69 Å². The number of aromatic nitrogens is 3. The second kappa shape index (κ2) is 9.43. The van der Waals surface area contributed by atoms with Crippen molar-refractivity contribution in [3.05, 3.63) is 54.3 Å². The van der Waals surface area contributed by atoms with Gasteiger partial charge in [-0.2, -0.15) is 0 Å². The summed E-state index contributed by atoms with van der Waals surface area (Å²) in [7, 11) is 0. The number of anilines is 3. The number of halogens is 1. The number of carbonyl (C=O) groups is 2. The summed E-state index contributed by atoms with van der Waals surface area (Å²) in [5.41, 5.74) is 1.82. The van der Waals surface area contributed by atoms with Gasteiger partial charge in [0.15, 0.2) is 5.16 Å². The highest BCUT2D eigenvalue weighted by atomic mass is 32.2. The average molecular weight is 483 g/mol. The monoisotopic (exact) mass is 482 g/mol. The van der Waals surface area contributed by atoms with E-state index in [1.165, 1.54) is 28.8 Å². The number of carbonyl (C=O) groups excluding carboxylic acids is 2. The van der Waals surface area contributed by atoms with Gasteiger partial charge in [0.2, 0.25) is 17.8 Å². The zero-order valence-corrected chi connectivity index (χ0v) is 19.3. The Hall–Kier alpha value is -3.44. The van der Waals surface area contributed by atoms with Crippen molar-refractivity contribution in [2.75, 3.05) is 48.0 Å². The number of rotatable bonds is 5. The number of nitrogens with zero attached hydrogens (tertiary/aromatic N) is 5. The molecule has 9 nitrogen and oxygen atoms in total. The Balaban J connectivity index is 1.46. The van der Waals surface area contributed by atoms with Crippen molar-refractivity contribution in [2.24, 2.45) is 0 Å². The fourth-order valence-corrected chi connectivity index (χ4v) is 4.93. The Kier molecular flexibility index (Phi) is 6.20. The third kappa shape index (κ3) is 4.36. The van der Waals surface area contributed by atoms with Crippen LogP contribution in [0.5, 0.6) is 0 Å². The number of hydrogen-bond acceptors (Lipinski definition) is 7. The van der Waals surface area contributed by atoms with Crippen LogP contribution < -0.4 is 15.1 Å². The van der Waals surface area contributed by atoms with Crippen LogP contribution >= 0.6 is 11.8 Å². The zero-order valence-electron chi connectivity index (χ0n) is 18.5. The van der Waals surface area contributed by atoms with Gasteiger partial charge in [-0.25, -0.2) is 4.39 Å². The van der Waals surface area contributed by atoms with Crippen LogP contribution in [0.3, 0.4) is 0 Å². The predicted octanol–water partition coefficient (Wildman–Crippen LogP) is 2.71. The summed E-state index contributed by atoms with van der Waals surface area (Å²) in [5, 5.41) is 11.4. The first-order valence-electron chi connectivity index (χ1n) is 10.9. The lowest BCUT2D eigenvalue weighted by Crippen LogP contribution is -2.45. The first-order chi connectivity index (χ1) is 16.5. The number of hydrogen-bond donors (Lipinski definition) is 1. The number of ether oxygens (including phenoxy) is 1. The highest BCUT2D eigenvalue weighted by Crippen LogP contribution is 2.34. The van der Waals surface area contributed by atoms with Gasteiger partial charge < -0.3 is 15.0 Å². The summed E-state index contributed by atoms with van der Waals surface area (Å²) in [6.07, 6.45) is 0. The molecule has 1 aromatic heterocycles. The molecule has 0 unspecified atom stereocenters. The zero-order chi connectivity index (χ0) is 23.7. The largest absolute Gasteiger partial charge is 0.378 e. The molecule has 3 heterocycles. The highest BCUT2D eigenvalue weighted by Gasteiger charge is 2.32. The third-order valence-electron chi connectivity index (χ3n) is 5.64. The summed E-state index contributed by atoms with van der Waals surface area (Å²) < 4.78 is 21.3. The lowest BCUT2D eigenvalue weighted by molar-refractivity contribution is -0.121. The van der Waals surface area contributed by atoms with E-state index in [2.05, 4.69) is 15.5 Å². The summed E-state index contributed by atoms with van der Waals surface area (Å²) in [6, 6.07) is 13.4. The van der Waals surface area contributed by atoms with Crippen molar-refractivity contribution in [1.29, 1.82) is 0 Å². The Labute approximate surface area is 199 Å². The van der Waals surface area contributed by atoms with Crippen molar-refractivity contribution in [2.45, 2.75) is 17.3 Å². The van der Waals surface area contributed by atoms with Gasteiger partial charge in [-0.3, -0.25) is 19.1 Å². The molecule has 5 rings (SSSR count). The second-order valence-corrected chi connectivity index (χ2v) is 9.26. The maximum atomic E-state index is 14.1. The van der Waals surface area contributed by atoms with E-state index in [4.69, 9.17) is 4.74 Å². The third-order valence-corrected chi connectivity index (χ3v) is 6.67. The van der Waals surface area contributed by atoms with Crippen LogP contribution in [-0.2, 0) is 14.3 Å². The molecule has 11 heteroatoms. The Morgan fingerprint density at radius 2 is 1.94 bits per heavy atom. The van der Waals surface area contributed by atoms with E-state index < -0.39 is 5.25 Å². The molecule has 0 saturated carbocycles. The van der Waals surface area contributed by atoms with E-state index in [1.54, 1.807) is 41.8 Å². The highest BCUT2D eigenvalue weighted by molar-refractivity contribution is 8.00. The predicted molar refractivity (Wildman–Crippen MR) is 127 cm³/mol. The van der Waals surface area contributed by atoms with Crippen LogP contribution in [0, 0.1) is 5.82 Å². The van der Waals surface area contributed by atoms with Gasteiger partial charge in [0.25, 0.3) is 0 Å². The fraction of sp³-hybridized carbons (Fsp3) is 0.304. The Morgan fingerprint density at radius 3 is 2.74 bits per heavy atom. The molecule has 176 valence electrons. The molecular formula is C23H23FN6O3S.